The van der Waals surface area contributed by atoms with Crippen LogP contribution in [-0.2, 0) is 42.5 Å². The smallest absolute Gasteiger partial charge is 0.488 e. The number of halogens is 3. The van der Waals surface area contributed by atoms with Crippen LogP contribution in [0.2, 0.25) is 0 Å². The van der Waals surface area contributed by atoms with Crippen LogP contribution in [0.4, 0.5) is 29.5 Å². The van der Waals surface area contributed by atoms with Crippen molar-refractivity contribution >= 4 is 57.3 Å². The maximum Gasteiger partial charge on any atom is 0.488 e. The molecule has 1 saturated heterocycles. The average Bonchev–Trinajstić information content (AvgIpc) is 3.63. The molecule has 1 amide bonds. The zero-order chi connectivity index (χ0) is 36.5. The van der Waals surface area contributed by atoms with Crippen LogP contribution < -0.4 is 21.1 Å². The Morgan fingerprint density at radius 2 is 1.78 bits per heavy atom. The fourth-order valence-electron chi connectivity index (χ4n) is 4.58. The molecule has 0 aliphatic carbocycles. The Bertz CT molecular complexity index is 2020. The molecule has 4 unspecified atom stereocenters. The fraction of sp³-hybridized carbons (Fsp3) is 0.280. The molecule has 270 valence electrons. The number of phosphoric ester groups is 1. The van der Waals surface area contributed by atoms with E-state index in [0.717, 1.165) is 30.6 Å². The molecule has 0 spiro atoms. The van der Waals surface area contributed by atoms with Crippen LogP contribution in [0.1, 0.15) is 18.2 Å². The van der Waals surface area contributed by atoms with Gasteiger partial charge in [0.2, 0.25) is 0 Å². The van der Waals surface area contributed by atoms with Crippen molar-refractivity contribution in [3.8, 4) is 5.75 Å². The van der Waals surface area contributed by atoms with Gasteiger partial charge in [0.05, 0.1) is 30.9 Å². The number of hydrogen-bond acceptors (Lipinski definition) is 14. The van der Waals surface area contributed by atoms with Crippen molar-refractivity contribution in [3.05, 3.63) is 66.7 Å². The number of imidazole rings is 1. The number of aromatic nitrogens is 4. The summed E-state index contributed by atoms with van der Waals surface area (Å²) in [5, 5.41) is 1.66. The van der Waals surface area contributed by atoms with Crippen LogP contribution in [0.15, 0.2) is 61.2 Å². The van der Waals surface area contributed by atoms with E-state index in [9.17, 15) is 46.3 Å². The number of ether oxygens (including phenoxy) is 3. The van der Waals surface area contributed by atoms with Crippen molar-refractivity contribution in [1.82, 2.24) is 19.5 Å². The number of phosphoric acid groups is 2. The third-order valence-corrected chi connectivity index (χ3v) is 11.6. The van der Waals surface area contributed by atoms with E-state index in [1.54, 1.807) is 0 Å². The van der Waals surface area contributed by atoms with E-state index in [2.05, 4.69) is 28.9 Å². The highest BCUT2D eigenvalue weighted by molar-refractivity contribution is 7.71. The van der Waals surface area contributed by atoms with Crippen molar-refractivity contribution in [1.29, 1.82) is 0 Å². The number of rotatable bonds is 12. The first-order valence-electron chi connectivity index (χ1n) is 13.8. The highest BCUT2D eigenvalue weighted by atomic mass is 31.3. The lowest BCUT2D eigenvalue weighted by atomic mass is 10.2. The largest absolute Gasteiger partial charge is 0.497 e. The number of benzene rings is 2. The highest BCUT2D eigenvalue weighted by Gasteiger charge is 2.45. The Kier molecular flexibility index (Phi) is 10.7. The summed E-state index contributed by atoms with van der Waals surface area (Å²) in [6, 6.07) is 8.23. The number of nitrogens with zero attached hydrogens (tertiary/aromatic N) is 4. The monoisotopic (exact) mass is 768 g/mol. The molecule has 5 rings (SSSR count). The number of nitrogens with one attached hydrogen (secondary N) is 1. The highest BCUT2D eigenvalue weighted by Crippen LogP contribution is 2.67. The lowest BCUT2D eigenvalue weighted by Crippen LogP contribution is -2.32. The SMILES string of the molecule is COc1ccc(P(=O)(O)OP(=O)(O)OP(=O)(O)OC[C@H]2O[C@@H](n3cnc4c(N)ncnc43)CC2OC(=O)Nc2cccc(C(F)(F)F)c2)cc1. The predicted octanol–water partition coefficient (Wildman–Crippen LogP) is 4.10. The van der Waals surface area contributed by atoms with E-state index < -0.39 is 71.4 Å². The van der Waals surface area contributed by atoms with Crippen LogP contribution in [0.5, 0.6) is 5.75 Å². The molecular weight excluding hydrogens is 742 g/mol. The first-order valence-corrected chi connectivity index (χ1v) is 18.4. The molecule has 0 bridgehead atoms. The van der Waals surface area contributed by atoms with E-state index in [-0.39, 0.29) is 34.8 Å². The first kappa shape index (κ1) is 37.3. The first-order chi connectivity index (χ1) is 23.4. The van der Waals surface area contributed by atoms with Gasteiger partial charge in [-0.1, -0.05) is 6.07 Å². The average molecular weight is 768 g/mol. The van der Waals surface area contributed by atoms with Crippen molar-refractivity contribution < 1.29 is 73.7 Å². The molecule has 50 heavy (non-hydrogen) atoms. The van der Waals surface area contributed by atoms with E-state index >= 15 is 0 Å². The molecule has 4 aromatic rings. The molecule has 25 heteroatoms. The predicted molar refractivity (Wildman–Crippen MR) is 164 cm³/mol. The second-order valence-electron chi connectivity index (χ2n) is 10.2. The number of alkyl halides is 3. The van der Waals surface area contributed by atoms with Crippen LogP contribution in [-0.4, -0.2) is 66.2 Å². The maximum absolute atomic E-state index is 13.1. The zero-order valence-corrected chi connectivity index (χ0v) is 27.9. The van der Waals surface area contributed by atoms with Gasteiger partial charge in [-0.05, 0) is 42.5 Å². The van der Waals surface area contributed by atoms with E-state index in [1.807, 2.05) is 0 Å². The molecule has 3 heterocycles. The second-order valence-corrected chi connectivity index (χ2v) is 15.2. The summed E-state index contributed by atoms with van der Waals surface area (Å²) in [6.07, 6.45) is -7.64. The van der Waals surface area contributed by atoms with Gasteiger partial charge in [0.1, 0.15) is 36.0 Å². The molecule has 2 aromatic heterocycles. The van der Waals surface area contributed by atoms with E-state index in [1.165, 1.54) is 36.2 Å². The number of fused-ring (bicyclic) bond motifs is 1. The van der Waals surface area contributed by atoms with E-state index in [4.69, 9.17) is 24.5 Å². The normalized spacial score (nSPS) is 21.5. The van der Waals surface area contributed by atoms with Crippen molar-refractivity contribution in [2.75, 3.05) is 24.8 Å². The molecule has 2 aromatic carbocycles. The minimum atomic E-state index is -5.79. The number of hydrogen-bond donors (Lipinski definition) is 5. The van der Waals surface area contributed by atoms with Crippen molar-refractivity contribution in [2.24, 2.45) is 0 Å². The molecule has 1 aliphatic rings. The minimum Gasteiger partial charge on any atom is -0.497 e. The third-order valence-electron chi connectivity index (χ3n) is 6.79. The van der Waals surface area contributed by atoms with Crippen LogP contribution in [0, 0.1) is 0 Å². The Balaban J connectivity index is 1.30. The summed E-state index contributed by atoms with van der Waals surface area (Å²) in [6.45, 7) is -0.981. The lowest BCUT2D eigenvalue weighted by molar-refractivity contribution is -0.137. The van der Waals surface area contributed by atoms with Gasteiger partial charge in [0.25, 0.3) is 0 Å². The quantitative estimate of drug-likeness (QED) is 0.127. The van der Waals surface area contributed by atoms with Gasteiger partial charge in [0.15, 0.2) is 11.5 Å². The van der Waals surface area contributed by atoms with Gasteiger partial charge < -0.3 is 34.6 Å². The Morgan fingerprint density at radius 1 is 1.06 bits per heavy atom. The summed E-state index contributed by atoms with van der Waals surface area (Å²) < 4.78 is 108. The molecular formula is C25H26F3N6O13P3. The molecule has 0 radical (unpaired) electrons. The molecule has 1 aliphatic heterocycles. The Labute approximate surface area is 278 Å². The minimum absolute atomic E-state index is 0.0216. The van der Waals surface area contributed by atoms with Crippen molar-refractivity contribution in [2.45, 2.75) is 31.0 Å². The van der Waals surface area contributed by atoms with Crippen LogP contribution >= 0.6 is 23.2 Å². The van der Waals surface area contributed by atoms with Crippen molar-refractivity contribution in [3.63, 3.8) is 0 Å². The number of nitrogen functional groups attached to an aromatic ring is 1. The summed E-state index contributed by atoms with van der Waals surface area (Å²) in [4.78, 5) is 55.2. The maximum atomic E-state index is 13.1. The third kappa shape index (κ3) is 9.04. The van der Waals surface area contributed by atoms with Gasteiger partial charge in [-0.3, -0.25) is 19.0 Å². The lowest BCUT2D eigenvalue weighted by Gasteiger charge is -2.22. The number of carbonyl (C=O) groups is 1. The topological polar surface area (TPSA) is 266 Å². The Morgan fingerprint density at radius 3 is 2.46 bits per heavy atom. The van der Waals surface area contributed by atoms with Crippen LogP contribution in [0.3, 0.4) is 0 Å². The number of nitrogens with two attached hydrogens (primary N) is 1. The number of amides is 1. The van der Waals surface area contributed by atoms with Gasteiger partial charge in [0, 0.05) is 12.1 Å². The standard InChI is InChI=1S/C25H26F3N6O13P3/c1-42-16-5-7-17(8-6-16)48(36,37)46-50(40,41)47-49(38,39)43-11-19-18(45-24(35)33-15-4-2-3-14(9-15)25(26,27)28)10-20(44-19)34-13-32-21-22(29)30-12-31-23(21)34/h2-9,12-13,18-20H,10-11H2,1H3,(H,33,35)(H,36,37)(H,38,39)(H,40,41)(H2,29,30,31)/t18?,19-,20-/m1/s1. The molecule has 1 fully saturated rings. The number of carbonyl (C=O) groups excluding carboxylic acids is 1. The summed E-state index contributed by atoms with van der Waals surface area (Å²) in [7, 11) is -15.2. The summed E-state index contributed by atoms with van der Waals surface area (Å²) >= 11 is 0. The number of methoxy groups -OCH3 is 1. The summed E-state index contributed by atoms with van der Waals surface area (Å²) in [5.41, 5.74) is 4.86. The van der Waals surface area contributed by atoms with Gasteiger partial charge in [-0.25, -0.2) is 33.2 Å². The van der Waals surface area contributed by atoms with Crippen LogP contribution in [0.25, 0.3) is 11.2 Å². The molecule has 6 atom stereocenters. The molecule has 0 saturated carbocycles. The Hall–Kier alpha value is -3.94. The second kappa shape index (κ2) is 14.4. The van der Waals surface area contributed by atoms with Gasteiger partial charge in [-0.15, -0.1) is 0 Å². The molecule has 6 N–H and O–H groups in total. The van der Waals surface area contributed by atoms with Gasteiger partial charge >= 0.3 is 35.5 Å². The van der Waals surface area contributed by atoms with Gasteiger partial charge in [-0.2, -0.15) is 17.5 Å². The number of anilines is 2. The van der Waals surface area contributed by atoms with E-state index in [0.29, 0.717) is 6.07 Å². The fourth-order valence-corrected chi connectivity index (χ4v) is 8.55. The zero-order valence-electron chi connectivity index (χ0n) is 25.2. The molecule has 19 nitrogen and oxygen atoms in total. The summed E-state index contributed by atoms with van der Waals surface area (Å²) in [5.74, 6) is 0.296.